The Hall–Kier alpha value is -1.23. The zero-order chi connectivity index (χ0) is 16.5. The second kappa shape index (κ2) is 13.0. The first kappa shape index (κ1) is 23.8. The number of carbonyl (C=O) groups excluding carboxylic acids is 1. The molecule has 0 fully saturated rings. The number of carbonyl (C=O) groups is 1. The van der Waals surface area contributed by atoms with Crippen molar-refractivity contribution in [1.82, 2.24) is 9.97 Å². The van der Waals surface area contributed by atoms with E-state index in [0.717, 1.165) is 5.56 Å². The van der Waals surface area contributed by atoms with Gasteiger partial charge in [-0.1, -0.05) is 5.69 Å². The number of nitrogens with one attached hydrogen (secondary N) is 1. The van der Waals surface area contributed by atoms with Gasteiger partial charge in [0.1, 0.15) is 0 Å². The van der Waals surface area contributed by atoms with Crippen LogP contribution in [0.2, 0.25) is 0 Å². The fourth-order valence-corrected chi connectivity index (χ4v) is 1.62. The van der Waals surface area contributed by atoms with E-state index in [1.807, 2.05) is 12.1 Å². The number of aromatic nitrogens is 2. The first-order valence-electron chi connectivity index (χ1n) is 6.87. The van der Waals surface area contributed by atoms with E-state index in [9.17, 15) is 4.79 Å². The molecular weight excluding hydrogens is 565 g/mol. The maximum Gasteiger partial charge on any atom is 2.00 e. The number of esters is 1. The first-order valence-corrected chi connectivity index (χ1v) is 6.87. The standard InChI is InChI=1S/C17H15N4O2.W.Y/c1-13(22)23-11-10-19-16(14-6-4-3-5-7-14)12-15-8-9-20-17(18-2)21-15;;/h3-4,6-9H,11H2,1-2H3,(H,18,20,21);;/q-3;+2;. The second-order valence-corrected chi connectivity index (χ2v) is 4.33. The zero-order valence-electron chi connectivity index (χ0n) is 13.8. The summed E-state index contributed by atoms with van der Waals surface area (Å²) in [6.45, 7) is 1.31. The third-order valence-corrected chi connectivity index (χ3v) is 2.64. The molecule has 25 heavy (non-hydrogen) atoms. The number of hydrogen-bond acceptors (Lipinski definition) is 6. The van der Waals surface area contributed by atoms with Crippen molar-refractivity contribution in [3.05, 3.63) is 59.9 Å². The van der Waals surface area contributed by atoms with Crippen LogP contribution in [0.4, 0.5) is 5.95 Å². The fraction of sp³-hybridized carbons (Fsp3) is 0.176. The molecule has 0 aliphatic heterocycles. The largest absolute Gasteiger partial charge is 2.00 e. The summed E-state index contributed by atoms with van der Waals surface area (Å²) in [6, 6.07) is 12.0. The molecule has 1 aromatic heterocycles. The van der Waals surface area contributed by atoms with Crippen molar-refractivity contribution in [3.8, 4) is 0 Å². The van der Waals surface area contributed by atoms with Crippen LogP contribution >= 0.6 is 0 Å². The molecule has 0 saturated carbocycles. The van der Waals surface area contributed by atoms with Gasteiger partial charge in [0.25, 0.3) is 0 Å². The van der Waals surface area contributed by atoms with E-state index in [1.54, 1.807) is 31.4 Å². The predicted octanol–water partition coefficient (Wildman–Crippen LogP) is 2.02. The van der Waals surface area contributed by atoms with Gasteiger partial charge in [0.15, 0.2) is 0 Å². The second-order valence-electron chi connectivity index (χ2n) is 4.33. The Balaban J connectivity index is 0.00000288. The minimum absolute atomic E-state index is 0. The SMILES string of the molecule is CNc1nccc([C-]=C(N=[C-]COC(C)=O)c2c[c-]ccc2)n1.[W+2].[Y]. The smallest absolute Gasteiger partial charge is 0.480 e. The molecule has 2 aromatic rings. The van der Waals surface area contributed by atoms with Crippen LogP contribution in [-0.4, -0.2) is 35.8 Å². The molecule has 0 atom stereocenters. The molecule has 0 saturated heterocycles. The van der Waals surface area contributed by atoms with E-state index in [-0.39, 0.29) is 66.4 Å². The molecule has 0 unspecified atom stereocenters. The Morgan fingerprint density at radius 1 is 1.44 bits per heavy atom. The summed E-state index contributed by atoms with van der Waals surface area (Å²) in [5.74, 6) is 0.103. The van der Waals surface area contributed by atoms with Crippen LogP contribution in [0.3, 0.4) is 0 Å². The van der Waals surface area contributed by atoms with Gasteiger partial charge in [-0.3, -0.25) is 4.79 Å². The minimum atomic E-state index is -0.385. The van der Waals surface area contributed by atoms with Crippen molar-refractivity contribution < 1.29 is 63.3 Å². The van der Waals surface area contributed by atoms with Gasteiger partial charge in [-0.05, 0) is 6.20 Å². The summed E-state index contributed by atoms with van der Waals surface area (Å²) in [7, 11) is 1.74. The summed E-state index contributed by atoms with van der Waals surface area (Å²) in [4.78, 5) is 23.3. The van der Waals surface area contributed by atoms with Crippen molar-refractivity contribution in [2.75, 3.05) is 19.0 Å². The molecular formula is C17H15N4O2WY-. The number of aliphatic imine (C=N–C) groups is 1. The van der Waals surface area contributed by atoms with Gasteiger partial charge in [0, 0.05) is 46.7 Å². The van der Waals surface area contributed by atoms with E-state index in [4.69, 9.17) is 4.74 Å². The van der Waals surface area contributed by atoms with Crippen molar-refractivity contribution in [3.63, 3.8) is 0 Å². The topological polar surface area (TPSA) is 76.5 Å². The fourth-order valence-electron chi connectivity index (χ4n) is 1.62. The molecule has 1 aromatic carbocycles. The number of benzene rings is 1. The molecule has 6 nitrogen and oxygen atoms in total. The van der Waals surface area contributed by atoms with Gasteiger partial charge < -0.3 is 15.0 Å². The van der Waals surface area contributed by atoms with Crippen LogP contribution in [0, 0.1) is 12.1 Å². The Bertz CT molecular complexity index is 724. The van der Waals surface area contributed by atoms with Crippen molar-refractivity contribution in [2.45, 2.75) is 6.92 Å². The molecule has 1 N–H and O–H groups in total. The van der Waals surface area contributed by atoms with Crippen LogP contribution in [0.15, 0.2) is 41.5 Å². The summed E-state index contributed by atoms with van der Waals surface area (Å²) in [5, 5.41) is 2.86. The Labute approximate surface area is 186 Å². The quantitative estimate of drug-likeness (QED) is 0.322. The van der Waals surface area contributed by atoms with Crippen LogP contribution in [0.5, 0.6) is 0 Å². The number of nitrogens with zero attached hydrogens (tertiary/aromatic N) is 3. The summed E-state index contributed by atoms with van der Waals surface area (Å²) >= 11 is 0. The van der Waals surface area contributed by atoms with Gasteiger partial charge >= 0.3 is 27.0 Å². The normalized spacial score (nSPS) is 10.6. The molecule has 125 valence electrons. The van der Waals surface area contributed by atoms with Gasteiger partial charge in [0.2, 0.25) is 5.95 Å². The summed E-state index contributed by atoms with van der Waals surface area (Å²) in [5.41, 5.74) is 1.88. The third kappa shape index (κ3) is 8.61. The Morgan fingerprint density at radius 2 is 2.24 bits per heavy atom. The molecule has 2 rings (SSSR count). The van der Waals surface area contributed by atoms with E-state index < -0.39 is 0 Å². The van der Waals surface area contributed by atoms with E-state index >= 15 is 0 Å². The van der Waals surface area contributed by atoms with Crippen LogP contribution in [0.1, 0.15) is 18.2 Å². The number of rotatable bonds is 6. The zero-order valence-corrected chi connectivity index (χ0v) is 19.6. The van der Waals surface area contributed by atoms with Gasteiger partial charge in [-0.25, -0.2) is 27.3 Å². The van der Waals surface area contributed by atoms with Crippen LogP contribution in [0.25, 0.3) is 5.70 Å². The monoisotopic (exact) mass is 580 g/mol. The van der Waals surface area contributed by atoms with Crippen molar-refractivity contribution in [1.29, 1.82) is 0 Å². The summed E-state index contributed by atoms with van der Waals surface area (Å²) in [6.07, 6.45) is 7.39. The number of anilines is 1. The molecule has 0 bridgehead atoms. The van der Waals surface area contributed by atoms with Gasteiger partial charge in [0.05, 0.1) is 6.61 Å². The Morgan fingerprint density at radius 3 is 2.88 bits per heavy atom. The molecule has 8 heteroatoms. The van der Waals surface area contributed by atoms with Crippen LogP contribution < -0.4 is 5.32 Å². The van der Waals surface area contributed by atoms with E-state index in [0.29, 0.717) is 17.3 Å². The molecule has 0 aliphatic carbocycles. The first-order chi connectivity index (χ1) is 11.2. The van der Waals surface area contributed by atoms with Crippen LogP contribution in [-0.2, 0) is 63.3 Å². The number of hydrogen-bond donors (Lipinski definition) is 1. The molecule has 1 heterocycles. The summed E-state index contributed by atoms with van der Waals surface area (Å²) < 4.78 is 4.79. The maximum atomic E-state index is 10.8. The number of ether oxygens (including phenoxy) is 1. The average Bonchev–Trinajstić information content (AvgIpc) is 2.58. The van der Waals surface area contributed by atoms with Crippen molar-refractivity contribution in [2.24, 2.45) is 4.99 Å². The van der Waals surface area contributed by atoms with E-state index in [1.165, 1.54) is 6.92 Å². The molecule has 0 spiro atoms. The third-order valence-electron chi connectivity index (χ3n) is 2.64. The average molecular weight is 580 g/mol. The molecule has 0 amide bonds. The Kier molecular flexibility index (Phi) is 12.4. The van der Waals surface area contributed by atoms with Gasteiger partial charge in [-0.15, -0.1) is 12.3 Å². The van der Waals surface area contributed by atoms with Crippen molar-refractivity contribution >= 4 is 23.8 Å². The van der Waals surface area contributed by atoms with Gasteiger partial charge in [-0.2, -0.15) is 30.3 Å². The maximum absolute atomic E-state index is 10.8. The predicted molar refractivity (Wildman–Crippen MR) is 86.7 cm³/mol. The van der Waals surface area contributed by atoms with E-state index in [2.05, 4.69) is 38.6 Å². The minimum Gasteiger partial charge on any atom is -0.480 e. The molecule has 1 radical (unpaired) electrons. The molecule has 0 aliphatic rings.